The molecule has 23 heavy (non-hydrogen) atoms. The van der Waals surface area contributed by atoms with Crippen molar-refractivity contribution in [3.63, 3.8) is 0 Å². The van der Waals surface area contributed by atoms with Gasteiger partial charge in [-0.15, -0.1) is 0 Å². The van der Waals surface area contributed by atoms with Gasteiger partial charge in [0.25, 0.3) is 5.91 Å². The van der Waals surface area contributed by atoms with Crippen molar-refractivity contribution in [3.05, 3.63) is 35.9 Å². The van der Waals surface area contributed by atoms with E-state index in [0.717, 1.165) is 51.3 Å². The second-order valence-electron chi connectivity index (χ2n) is 7.16. The number of hydrogen-bond donors (Lipinski definition) is 0. The number of benzene rings is 1. The van der Waals surface area contributed by atoms with Crippen molar-refractivity contribution in [1.29, 1.82) is 0 Å². The van der Waals surface area contributed by atoms with Crippen LogP contribution >= 0.6 is 0 Å². The highest BCUT2D eigenvalue weighted by molar-refractivity contribution is 5.94. The van der Waals surface area contributed by atoms with E-state index in [-0.39, 0.29) is 5.91 Å². The fourth-order valence-corrected chi connectivity index (χ4v) is 3.63. The third-order valence-electron chi connectivity index (χ3n) is 4.88. The van der Waals surface area contributed by atoms with Crippen LogP contribution in [-0.4, -0.2) is 60.6 Å². The molecule has 0 aromatic heterocycles. The first kappa shape index (κ1) is 16.5. The summed E-state index contributed by atoms with van der Waals surface area (Å²) in [6.07, 6.45) is 2.24. The summed E-state index contributed by atoms with van der Waals surface area (Å²) >= 11 is 0. The Morgan fingerprint density at radius 2 is 1.83 bits per heavy atom. The van der Waals surface area contributed by atoms with Crippen molar-refractivity contribution >= 4 is 5.91 Å². The van der Waals surface area contributed by atoms with Crippen LogP contribution in [0.25, 0.3) is 0 Å². The summed E-state index contributed by atoms with van der Waals surface area (Å²) in [5, 5.41) is 0. The molecule has 0 aliphatic carbocycles. The molecule has 0 spiro atoms. The number of carbonyl (C=O) groups is 1. The SMILES string of the molecule is CC(C)CN(C1CCOCC1)C1CN(C(=O)c2ccccc2)C1. The van der Waals surface area contributed by atoms with E-state index in [1.165, 1.54) is 0 Å². The van der Waals surface area contributed by atoms with Crippen LogP contribution in [0, 0.1) is 5.92 Å². The van der Waals surface area contributed by atoms with Crippen molar-refractivity contribution in [2.24, 2.45) is 5.92 Å². The summed E-state index contributed by atoms with van der Waals surface area (Å²) < 4.78 is 5.51. The molecule has 126 valence electrons. The molecule has 0 atom stereocenters. The predicted octanol–water partition coefficient (Wildman–Crippen LogP) is 2.65. The van der Waals surface area contributed by atoms with Gasteiger partial charge in [0.05, 0.1) is 0 Å². The van der Waals surface area contributed by atoms with E-state index in [9.17, 15) is 4.79 Å². The molecule has 2 saturated heterocycles. The van der Waals surface area contributed by atoms with E-state index in [1.807, 2.05) is 35.2 Å². The third kappa shape index (κ3) is 3.93. The lowest BCUT2D eigenvalue weighted by molar-refractivity contribution is -0.0294. The Hall–Kier alpha value is -1.39. The smallest absolute Gasteiger partial charge is 0.253 e. The minimum absolute atomic E-state index is 0.165. The number of nitrogens with zero attached hydrogens (tertiary/aromatic N) is 2. The number of hydrogen-bond acceptors (Lipinski definition) is 3. The van der Waals surface area contributed by atoms with Gasteiger partial charge in [-0.1, -0.05) is 32.0 Å². The molecule has 1 amide bonds. The number of ether oxygens (including phenoxy) is 1. The first-order chi connectivity index (χ1) is 11.1. The van der Waals surface area contributed by atoms with E-state index in [0.29, 0.717) is 18.0 Å². The molecule has 0 N–H and O–H groups in total. The maximum atomic E-state index is 12.5. The van der Waals surface area contributed by atoms with Gasteiger partial charge in [0.2, 0.25) is 0 Å². The van der Waals surface area contributed by atoms with E-state index in [1.54, 1.807) is 0 Å². The van der Waals surface area contributed by atoms with E-state index in [2.05, 4.69) is 18.7 Å². The molecule has 4 nitrogen and oxygen atoms in total. The van der Waals surface area contributed by atoms with Crippen LogP contribution in [0.4, 0.5) is 0 Å². The Balaban J connectivity index is 1.59. The van der Waals surface area contributed by atoms with Gasteiger partial charge >= 0.3 is 0 Å². The molecule has 0 saturated carbocycles. The Bertz CT molecular complexity index is 505. The first-order valence-corrected chi connectivity index (χ1v) is 8.83. The Morgan fingerprint density at radius 3 is 2.43 bits per heavy atom. The van der Waals surface area contributed by atoms with Gasteiger partial charge in [-0.2, -0.15) is 0 Å². The Morgan fingerprint density at radius 1 is 1.17 bits per heavy atom. The lowest BCUT2D eigenvalue weighted by Crippen LogP contribution is -2.64. The zero-order valence-corrected chi connectivity index (χ0v) is 14.3. The van der Waals surface area contributed by atoms with Gasteiger partial charge in [0.1, 0.15) is 0 Å². The molecule has 0 unspecified atom stereocenters. The maximum absolute atomic E-state index is 12.5. The minimum Gasteiger partial charge on any atom is -0.381 e. The van der Waals surface area contributed by atoms with E-state index >= 15 is 0 Å². The van der Waals surface area contributed by atoms with Crippen LogP contribution in [-0.2, 0) is 4.74 Å². The van der Waals surface area contributed by atoms with Gasteiger partial charge in [-0.05, 0) is 30.9 Å². The normalized spacial score (nSPS) is 20.1. The summed E-state index contributed by atoms with van der Waals surface area (Å²) in [5.74, 6) is 0.815. The number of likely N-dealkylation sites (tertiary alicyclic amines) is 1. The van der Waals surface area contributed by atoms with Gasteiger partial charge in [0, 0.05) is 50.5 Å². The molecule has 3 rings (SSSR count). The van der Waals surface area contributed by atoms with Crippen LogP contribution in [0.1, 0.15) is 37.0 Å². The topological polar surface area (TPSA) is 32.8 Å². The molecular weight excluding hydrogens is 288 g/mol. The summed E-state index contributed by atoms with van der Waals surface area (Å²) in [5.41, 5.74) is 0.799. The molecule has 1 aromatic carbocycles. The monoisotopic (exact) mass is 316 g/mol. The van der Waals surface area contributed by atoms with Gasteiger partial charge in [-0.3, -0.25) is 9.69 Å². The third-order valence-corrected chi connectivity index (χ3v) is 4.88. The van der Waals surface area contributed by atoms with E-state index < -0.39 is 0 Å². The quantitative estimate of drug-likeness (QED) is 0.837. The molecule has 2 heterocycles. The molecule has 1 aromatic rings. The van der Waals surface area contributed by atoms with E-state index in [4.69, 9.17) is 4.74 Å². The fraction of sp³-hybridized carbons (Fsp3) is 0.632. The largest absolute Gasteiger partial charge is 0.381 e. The first-order valence-electron chi connectivity index (χ1n) is 8.83. The zero-order chi connectivity index (χ0) is 16.2. The second-order valence-corrected chi connectivity index (χ2v) is 7.16. The number of carbonyl (C=O) groups excluding carboxylic acids is 1. The van der Waals surface area contributed by atoms with Crippen molar-refractivity contribution in [3.8, 4) is 0 Å². The summed E-state index contributed by atoms with van der Waals surface area (Å²) in [6.45, 7) is 9.13. The number of amides is 1. The van der Waals surface area contributed by atoms with Gasteiger partial charge in [0.15, 0.2) is 0 Å². The molecule has 2 fully saturated rings. The highest BCUT2D eigenvalue weighted by Gasteiger charge is 2.38. The lowest BCUT2D eigenvalue weighted by atomic mass is 9.97. The van der Waals surface area contributed by atoms with Gasteiger partial charge in [-0.25, -0.2) is 0 Å². The summed E-state index contributed by atoms with van der Waals surface area (Å²) in [7, 11) is 0. The molecule has 2 aliphatic heterocycles. The van der Waals surface area contributed by atoms with Gasteiger partial charge < -0.3 is 9.64 Å². The second kappa shape index (κ2) is 7.45. The van der Waals surface area contributed by atoms with Crippen molar-refractivity contribution in [1.82, 2.24) is 9.80 Å². The summed E-state index contributed by atoms with van der Waals surface area (Å²) in [4.78, 5) is 17.1. The van der Waals surface area contributed by atoms with Crippen LogP contribution in [0.15, 0.2) is 30.3 Å². The molecular formula is C19H28N2O2. The average molecular weight is 316 g/mol. The highest BCUT2D eigenvalue weighted by Crippen LogP contribution is 2.25. The van der Waals surface area contributed by atoms with Crippen molar-refractivity contribution in [2.45, 2.75) is 38.8 Å². The van der Waals surface area contributed by atoms with Crippen LogP contribution < -0.4 is 0 Å². The molecule has 2 aliphatic rings. The van der Waals surface area contributed by atoms with Crippen molar-refractivity contribution in [2.75, 3.05) is 32.8 Å². The summed E-state index contributed by atoms with van der Waals surface area (Å²) in [6, 6.07) is 10.7. The highest BCUT2D eigenvalue weighted by atomic mass is 16.5. The maximum Gasteiger partial charge on any atom is 0.253 e. The molecule has 0 radical (unpaired) electrons. The standard InChI is InChI=1S/C19H28N2O2/c1-15(2)12-21(17-8-10-23-11-9-17)18-13-20(14-18)19(22)16-6-4-3-5-7-16/h3-7,15,17-18H,8-14H2,1-2H3. The minimum atomic E-state index is 0.165. The predicted molar refractivity (Wildman–Crippen MR) is 91.5 cm³/mol. The Labute approximate surface area is 139 Å². The fourth-order valence-electron chi connectivity index (χ4n) is 3.63. The van der Waals surface area contributed by atoms with Crippen LogP contribution in [0.2, 0.25) is 0 Å². The molecule has 0 bridgehead atoms. The molecule has 4 heteroatoms. The Kier molecular flexibility index (Phi) is 5.34. The van der Waals surface area contributed by atoms with Crippen LogP contribution in [0.5, 0.6) is 0 Å². The van der Waals surface area contributed by atoms with Crippen LogP contribution in [0.3, 0.4) is 0 Å². The lowest BCUT2D eigenvalue weighted by Gasteiger charge is -2.49. The zero-order valence-electron chi connectivity index (χ0n) is 14.3. The average Bonchev–Trinajstić information content (AvgIpc) is 2.53. The number of rotatable bonds is 5. The van der Waals surface area contributed by atoms with Crippen molar-refractivity contribution < 1.29 is 9.53 Å².